The second kappa shape index (κ2) is 9.20. The molecule has 5 nitrogen and oxygen atoms in total. The maximum Gasteiger partial charge on any atom is 0.127 e. The fourth-order valence-electron chi connectivity index (χ4n) is 3.02. The SMILES string of the molecule is COc1cc(C)cc(OC)c1[C@H](CCO)N1CCNCC1.Cl. The number of halogens is 1. The quantitative estimate of drug-likeness (QED) is 0.832. The van der Waals surface area contributed by atoms with Gasteiger partial charge in [-0.1, -0.05) is 0 Å². The third-order valence-corrected chi connectivity index (χ3v) is 4.02. The van der Waals surface area contributed by atoms with Gasteiger partial charge in [-0.05, 0) is 31.0 Å². The molecule has 1 aliphatic heterocycles. The Bertz CT molecular complexity index is 440. The molecule has 0 aliphatic carbocycles. The van der Waals surface area contributed by atoms with Crippen LogP contribution in [-0.4, -0.2) is 57.0 Å². The van der Waals surface area contributed by atoms with Crippen molar-refractivity contribution < 1.29 is 14.6 Å². The van der Waals surface area contributed by atoms with E-state index < -0.39 is 0 Å². The van der Waals surface area contributed by atoms with Gasteiger partial charge >= 0.3 is 0 Å². The fourth-order valence-corrected chi connectivity index (χ4v) is 3.02. The second-order valence-corrected chi connectivity index (χ2v) is 5.40. The van der Waals surface area contributed by atoms with E-state index in [0.29, 0.717) is 6.42 Å². The summed E-state index contributed by atoms with van der Waals surface area (Å²) < 4.78 is 11.2. The van der Waals surface area contributed by atoms with Gasteiger partial charge in [0.1, 0.15) is 11.5 Å². The van der Waals surface area contributed by atoms with Gasteiger partial charge in [0.15, 0.2) is 0 Å². The molecule has 0 unspecified atom stereocenters. The molecule has 2 rings (SSSR count). The van der Waals surface area contributed by atoms with Crippen molar-refractivity contribution in [1.29, 1.82) is 0 Å². The van der Waals surface area contributed by atoms with Crippen molar-refractivity contribution in [2.24, 2.45) is 0 Å². The largest absolute Gasteiger partial charge is 0.496 e. The van der Waals surface area contributed by atoms with Crippen molar-refractivity contribution in [2.75, 3.05) is 47.0 Å². The van der Waals surface area contributed by atoms with Gasteiger partial charge in [-0.25, -0.2) is 0 Å². The molecule has 1 atom stereocenters. The minimum absolute atomic E-state index is 0. The number of aliphatic hydroxyl groups excluding tert-OH is 1. The summed E-state index contributed by atoms with van der Waals surface area (Å²) >= 11 is 0. The Hall–Kier alpha value is -1.01. The Morgan fingerprint density at radius 3 is 2.18 bits per heavy atom. The summed E-state index contributed by atoms with van der Waals surface area (Å²) in [6.45, 7) is 6.04. The van der Waals surface area contributed by atoms with Crippen LogP contribution in [0.4, 0.5) is 0 Å². The number of methoxy groups -OCH3 is 2. The van der Waals surface area contributed by atoms with Gasteiger partial charge in [-0.2, -0.15) is 0 Å². The van der Waals surface area contributed by atoms with Crippen LogP contribution in [0.2, 0.25) is 0 Å². The first-order chi connectivity index (χ1) is 10.2. The zero-order valence-corrected chi connectivity index (χ0v) is 14.4. The van der Waals surface area contributed by atoms with Crippen molar-refractivity contribution in [3.8, 4) is 11.5 Å². The normalized spacial score (nSPS) is 16.7. The van der Waals surface area contributed by atoms with E-state index in [0.717, 1.165) is 48.8 Å². The van der Waals surface area contributed by atoms with E-state index in [1.807, 2.05) is 19.1 Å². The zero-order valence-electron chi connectivity index (χ0n) is 13.6. The van der Waals surface area contributed by atoms with Gasteiger partial charge in [0, 0.05) is 38.8 Å². The van der Waals surface area contributed by atoms with Crippen molar-refractivity contribution >= 4 is 12.4 Å². The Labute approximate surface area is 139 Å². The summed E-state index contributed by atoms with van der Waals surface area (Å²) in [5.41, 5.74) is 2.15. The van der Waals surface area contributed by atoms with Gasteiger partial charge in [0.2, 0.25) is 0 Å². The van der Waals surface area contributed by atoms with Gasteiger partial charge in [-0.3, -0.25) is 4.90 Å². The maximum absolute atomic E-state index is 9.49. The third-order valence-electron chi connectivity index (χ3n) is 4.02. The van der Waals surface area contributed by atoms with Gasteiger partial charge < -0.3 is 19.9 Å². The van der Waals surface area contributed by atoms with Crippen LogP contribution in [0.5, 0.6) is 11.5 Å². The molecule has 1 heterocycles. The Morgan fingerprint density at radius 2 is 1.73 bits per heavy atom. The number of aliphatic hydroxyl groups is 1. The summed E-state index contributed by atoms with van der Waals surface area (Å²) in [5.74, 6) is 1.67. The van der Waals surface area contributed by atoms with E-state index in [2.05, 4.69) is 10.2 Å². The number of piperazine rings is 1. The summed E-state index contributed by atoms with van der Waals surface area (Å²) in [6, 6.07) is 4.18. The number of nitrogens with zero attached hydrogens (tertiary/aromatic N) is 1. The topological polar surface area (TPSA) is 54.0 Å². The van der Waals surface area contributed by atoms with Crippen molar-refractivity contribution in [3.05, 3.63) is 23.3 Å². The van der Waals surface area contributed by atoms with Crippen molar-refractivity contribution in [3.63, 3.8) is 0 Å². The predicted molar refractivity (Wildman–Crippen MR) is 90.4 cm³/mol. The number of ether oxygens (including phenoxy) is 2. The van der Waals surface area contributed by atoms with Crippen molar-refractivity contribution in [2.45, 2.75) is 19.4 Å². The molecule has 0 radical (unpaired) electrons. The van der Waals surface area contributed by atoms with Crippen LogP contribution in [-0.2, 0) is 0 Å². The lowest BCUT2D eigenvalue weighted by molar-refractivity contribution is 0.136. The maximum atomic E-state index is 9.49. The predicted octanol–water partition coefficient (Wildman–Crippen LogP) is 1.76. The molecule has 1 aromatic rings. The smallest absolute Gasteiger partial charge is 0.127 e. The summed E-state index contributed by atoms with van der Waals surface area (Å²) in [5, 5.41) is 12.8. The second-order valence-electron chi connectivity index (χ2n) is 5.40. The number of rotatable bonds is 6. The van der Waals surface area contributed by atoms with Crippen LogP contribution in [0.3, 0.4) is 0 Å². The highest BCUT2D eigenvalue weighted by Gasteiger charge is 2.27. The molecular formula is C16H27ClN2O3. The molecule has 0 spiro atoms. The van der Waals surface area contributed by atoms with E-state index in [1.54, 1.807) is 14.2 Å². The monoisotopic (exact) mass is 330 g/mol. The summed E-state index contributed by atoms with van der Waals surface area (Å²) in [7, 11) is 3.37. The molecule has 126 valence electrons. The van der Waals surface area contributed by atoms with Crippen LogP contribution in [0.1, 0.15) is 23.6 Å². The number of nitrogens with one attached hydrogen (secondary N) is 1. The molecule has 22 heavy (non-hydrogen) atoms. The highest BCUT2D eigenvalue weighted by atomic mass is 35.5. The number of hydrogen-bond donors (Lipinski definition) is 2. The Kier molecular flexibility index (Phi) is 7.96. The third kappa shape index (κ3) is 4.26. The fraction of sp³-hybridized carbons (Fsp3) is 0.625. The first-order valence-electron chi connectivity index (χ1n) is 7.49. The van der Waals surface area contributed by atoms with Gasteiger partial charge in [0.05, 0.1) is 19.8 Å². The molecule has 1 saturated heterocycles. The molecular weight excluding hydrogens is 304 g/mol. The minimum atomic E-state index is 0. The summed E-state index contributed by atoms with van der Waals surface area (Å²) in [4.78, 5) is 2.39. The number of hydrogen-bond acceptors (Lipinski definition) is 5. The minimum Gasteiger partial charge on any atom is -0.496 e. The first-order valence-corrected chi connectivity index (χ1v) is 7.49. The van der Waals surface area contributed by atoms with Crippen LogP contribution in [0.25, 0.3) is 0 Å². The van der Waals surface area contributed by atoms with E-state index in [4.69, 9.17) is 9.47 Å². The van der Waals surface area contributed by atoms with E-state index in [-0.39, 0.29) is 25.1 Å². The molecule has 0 amide bonds. The molecule has 2 N–H and O–H groups in total. The van der Waals surface area contributed by atoms with E-state index >= 15 is 0 Å². The molecule has 6 heteroatoms. The lowest BCUT2D eigenvalue weighted by atomic mass is 9.97. The molecule has 1 fully saturated rings. The molecule has 1 aromatic carbocycles. The molecule has 0 saturated carbocycles. The highest BCUT2D eigenvalue weighted by molar-refractivity contribution is 5.85. The zero-order chi connectivity index (χ0) is 15.2. The Balaban J connectivity index is 0.00000242. The molecule has 1 aliphatic rings. The summed E-state index contributed by atoms with van der Waals surface area (Å²) in [6.07, 6.45) is 0.676. The average molecular weight is 331 g/mol. The Morgan fingerprint density at radius 1 is 1.18 bits per heavy atom. The molecule has 0 aromatic heterocycles. The van der Waals surface area contributed by atoms with Crippen LogP contribution >= 0.6 is 12.4 Å². The van der Waals surface area contributed by atoms with Crippen LogP contribution < -0.4 is 14.8 Å². The first kappa shape index (κ1) is 19.0. The standard InChI is InChI=1S/C16H26N2O3.ClH/c1-12-10-14(20-2)16(15(11-12)21-3)13(4-9-19)18-7-5-17-6-8-18;/h10-11,13,17,19H,4-9H2,1-3H3;1H/t13-;/m0./s1. The number of aryl methyl sites for hydroxylation is 1. The van der Waals surface area contributed by atoms with Gasteiger partial charge in [-0.15, -0.1) is 12.4 Å². The van der Waals surface area contributed by atoms with Crippen LogP contribution in [0.15, 0.2) is 12.1 Å². The van der Waals surface area contributed by atoms with E-state index in [9.17, 15) is 5.11 Å². The number of benzene rings is 1. The lowest BCUT2D eigenvalue weighted by Gasteiger charge is -2.36. The highest BCUT2D eigenvalue weighted by Crippen LogP contribution is 2.39. The van der Waals surface area contributed by atoms with E-state index in [1.165, 1.54) is 0 Å². The van der Waals surface area contributed by atoms with Crippen molar-refractivity contribution in [1.82, 2.24) is 10.2 Å². The van der Waals surface area contributed by atoms with Gasteiger partial charge in [0.25, 0.3) is 0 Å². The average Bonchev–Trinajstić information content (AvgIpc) is 2.53. The molecule has 0 bridgehead atoms. The lowest BCUT2D eigenvalue weighted by Crippen LogP contribution is -2.45. The van der Waals surface area contributed by atoms with Crippen LogP contribution in [0, 0.1) is 6.92 Å².